The Morgan fingerprint density at radius 3 is 2.79 bits per heavy atom. The third-order valence-electron chi connectivity index (χ3n) is 5.46. The average molecular weight is 439 g/mol. The number of pyridine rings is 1. The number of H-pyrrole nitrogens is 1. The number of hydrogen-bond acceptors (Lipinski definition) is 6. The summed E-state index contributed by atoms with van der Waals surface area (Å²) in [5.41, 5.74) is 3.54. The van der Waals surface area contributed by atoms with E-state index in [1.54, 1.807) is 18.5 Å². The molecular formula is C24H21N7O2. The van der Waals surface area contributed by atoms with E-state index in [0.717, 1.165) is 16.6 Å². The monoisotopic (exact) mass is 439 g/mol. The molecule has 5 rings (SSSR count). The maximum absolute atomic E-state index is 13.3. The maximum Gasteiger partial charge on any atom is 0.230 e. The summed E-state index contributed by atoms with van der Waals surface area (Å²) in [6, 6.07) is 9.35. The second-order valence-electron chi connectivity index (χ2n) is 8.04. The van der Waals surface area contributed by atoms with Crippen LogP contribution in [0.3, 0.4) is 0 Å². The topological polar surface area (TPSA) is 118 Å². The van der Waals surface area contributed by atoms with Crippen LogP contribution >= 0.6 is 0 Å². The lowest BCUT2D eigenvalue weighted by atomic mass is 10.1. The highest BCUT2D eigenvalue weighted by Gasteiger charge is 2.20. The summed E-state index contributed by atoms with van der Waals surface area (Å²) in [4.78, 5) is 38.5. The van der Waals surface area contributed by atoms with Crippen LogP contribution in [0.2, 0.25) is 0 Å². The summed E-state index contributed by atoms with van der Waals surface area (Å²) in [6.07, 6.45) is 8.03. The van der Waals surface area contributed by atoms with Gasteiger partial charge < -0.3 is 9.88 Å². The Hall–Kier alpha value is -4.40. The minimum absolute atomic E-state index is 0.123. The molecule has 1 aromatic carbocycles. The molecule has 4 aromatic heterocycles. The van der Waals surface area contributed by atoms with Gasteiger partial charge in [-0.1, -0.05) is 18.2 Å². The van der Waals surface area contributed by atoms with Gasteiger partial charge in [-0.2, -0.15) is 5.10 Å². The number of carbonyl (C=O) groups is 2. The number of anilines is 1. The minimum atomic E-state index is -0.236. The second-order valence-corrected chi connectivity index (χ2v) is 8.04. The number of fused-ring (bicyclic) bond motifs is 2. The first-order valence-electron chi connectivity index (χ1n) is 10.5. The first kappa shape index (κ1) is 20.5. The summed E-state index contributed by atoms with van der Waals surface area (Å²) >= 11 is 0. The van der Waals surface area contributed by atoms with Crippen LogP contribution in [0.5, 0.6) is 0 Å². The third kappa shape index (κ3) is 3.84. The molecule has 33 heavy (non-hydrogen) atoms. The standard InChI is InChI=1S/C24H21N7O2/c1-14(2)31-12-19(18-11-26-13-27-24(18)31)23(33)15-7-16(10-25-9-15)28-22(32)8-21-17-5-3-4-6-20(17)29-30-21/h3-7,9-14H,8H2,1-2H3,(H,28,32)(H,29,30). The molecule has 9 nitrogen and oxygen atoms in total. The Kier molecular flexibility index (Phi) is 5.14. The first-order valence-corrected chi connectivity index (χ1v) is 10.5. The summed E-state index contributed by atoms with van der Waals surface area (Å²) in [5.74, 6) is -0.446. The molecule has 4 heterocycles. The fourth-order valence-corrected chi connectivity index (χ4v) is 3.87. The molecule has 0 unspecified atom stereocenters. The first-order chi connectivity index (χ1) is 16.0. The van der Waals surface area contributed by atoms with Crippen molar-refractivity contribution in [2.24, 2.45) is 0 Å². The molecule has 0 aliphatic heterocycles. The van der Waals surface area contributed by atoms with Crippen LogP contribution in [-0.2, 0) is 11.2 Å². The van der Waals surface area contributed by atoms with E-state index in [0.29, 0.717) is 27.8 Å². The molecule has 0 atom stereocenters. The smallest absolute Gasteiger partial charge is 0.230 e. The Labute approximate surface area is 188 Å². The Balaban J connectivity index is 1.39. The van der Waals surface area contributed by atoms with E-state index < -0.39 is 0 Å². The predicted molar refractivity (Wildman–Crippen MR) is 124 cm³/mol. The number of rotatable bonds is 6. The van der Waals surface area contributed by atoms with Gasteiger partial charge in [0.15, 0.2) is 5.78 Å². The Morgan fingerprint density at radius 1 is 1.09 bits per heavy atom. The number of amides is 1. The highest BCUT2D eigenvalue weighted by molar-refractivity contribution is 6.16. The van der Waals surface area contributed by atoms with Crippen LogP contribution in [0, 0.1) is 0 Å². The van der Waals surface area contributed by atoms with Crippen LogP contribution in [0.4, 0.5) is 5.69 Å². The zero-order chi connectivity index (χ0) is 22.9. The van der Waals surface area contributed by atoms with Gasteiger partial charge in [-0.05, 0) is 26.0 Å². The lowest BCUT2D eigenvalue weighted by Crippen LogP contribution is -2.15. The quantitative estimate of drug-likeness (QED) is 0.390. The molecule has 0 saturated carbocycles. The number of ketones is 1. The SMILES string of the molecule is CC(C)n1cc(C(=O)c2cncc(NC(=O)Cc3[nH]nc4ccccc34)c2)c2cncnc21. The number of hydrogen-bond donors (Lipinski definition) is 2. The van der Waals surface area contributed by atoms with Gasteiger partial charge in [-0.3, -0.25) is 19.7 Å². The van der Waals surface area contributed by atoms with Gasteiger partial charge >= 0.3 is 0 Å². The van der Waals surface area contributed by atoms with Crippen molar-refractivity contribution in [2.75, 3.05) is 5.32 Å². The highest BCUT2D eigenvalue weighted by Crippen LogP contribution is 2.25. The van der Waals surface area contributed by atoms with Crippen LogP contribution in [0.1, 0.15) is 41.5 Å². The predicted octanol–water partition coefficient (Wildman–Crippen LogP) is 3.70. The fraction of sp³-hybridized carbons (Fsp3) is 0.167. The summed E-state index contributed by atoms with van der Waals surface area (Å²) in [6.45, 7) is 4.05. The molecule has 2 N–H and O–H groups in total. The van der Waals surface area contributed by atoms with E-state index in [1.165, 1.54) is 18.7 Å². The lowest BCUT2D eigenvalue weighted by Gasteiger charge is -2.07. The molecule has 9 heteroatoms. The number of aromatic amines is 1. The van der Waals surface area contributed by atoms with E-state index in [4.69, 9.17) is 0 Å². The number of nitrogens with zero attached hydrogens (tertiary/aromatic N) is 5. The van der Waals surface area contributed by atoms with Crippen molar-refractivity contribution >= 4 is 39.3 Å². The van der Waals surface area contributed by atoms with Crippen LogP contribution in [0.15, 0.2) is 61.4 Å². The van der Waals surface area contributed by atoms with Crippen molar-refractivity contribution in [3.8, 4) is 0 Å². The Morgan fingerprint density at radius 2 is 1.94 bits per heavy atom. The van der Waals surface area contributed by atoms with Crippen LogP contribution < -0.4 is 5.32 Å². The number of aromatic nitrogens is 6. The summed E-state index contributed by atoms with van der Waals surface area (Å²) in [7, 11) is 0. The molecule has 0 bridgehead atoms. The van der Waals surface area contributed by atoms with Crippen molar-refractivity contribution in [1.82, 2.24) is 29.7 Å². The second kappa shape index (κ2) is 8.27. The van der Waals surface area contributed by atoms with E-state index in [9.17, 15) is 9.59 Å². The molecule has 5 aromatic rings. The molecule has 0 aliphatic carbocycles. The molecule has 0 aliphatic rings. The van der Waals surface area contributed by atoms with Crippen molar-refractivity contribution in [2.45, 2.75) is 26.3 Å². The van der Waals surface area contributed by atoms with E-state index in [-0.39, 0.29) is 24.2 Å². The normalized spacial score (nSPS) is 11.4. The van der Waals surface area contributed by atoms with E-state index >= 15 is 0 Å². The third-order valence-corrected chi connectivity index (χ3v) is 5.46. The summed E-state index contributed by atoms with van der Waals surface area (Å²) < 4.78 is 1.94. The molecular weight excluding hydrogens is 418 g/mol. The van der Waals surface area contributed by atoms with Gasteiger partial charge in [0, 0.05) is 41.0 Å². The van der Waals surface area contributed by atoms with Gasteiger partial charge in [0.25, 0.3) is 0 Å². The number of carbonyl (C=O) groups excluding carboxylic acids is 2. The van der Waals surface area contributed by atoms with Gasteiger partial charge in [-0.15, -0.1) is 0 Å². The maximum atomic E-state index is 13.3. The van der Waals surface area contributed by atoms with Crippen molar-refractivity contribution in [3.05, 3.63) is 78.3 Å². The zero-order valence-electron chi connectivity index (χ0n) is 18.1. The number of benzene rings is 1. The molecule has 1 amide bonds. The van der Waals surface area contributed by atoms with Crippen molar-refractivity contribution < 1.29 is 9.59 Å². The largest absolute Gasteiger partial charge is 0.329 e. The van der Waals surface area contributed by atoms with Crippen molar-refractivity contribution in [3.63, 3.8) is 0 Å². The lowest BCUT2D eigenvalue weighted by molar-refractivity contribution is -0.115. The fourth-order valence-electron chi connectivity index (χ4n) is 3.87. The zero-order valence-corrected chi connectivity index (χ0v) is 18.1. The van der Waals surface area contributed by atoms with Gasteiger partial charge in [0.2, 0.25) is 5.91 Å². The molecule has 164 valence electrons. The minimum Gasteiger partial charge on any atom is -0.329 e. The van der Waals surface area contributed by atoms with Gasteiger partial charge in [0.1, 0.15) is 12.0 Å². The van der Waals surface area contributed by atoms with E-state index in [2.05, 4.69) is 30.5 Å². The molecule has 0 spiro atoms. The molecule has 0 saturated heterocycles. The molecule has 0 fully saturated rings. The van der Waals surface area contributed by atoms with Gasteiger partial charge in [-0.25, -0.2) is 9.97 Å². The van der Waals surface area contributed by atoms with Crippen LogP contribution in [0.25, 0.3) is 21.9 Å². The van der Waals surface area contributed by atoms with Crippen LogP contribution in [-0.4, -0.2) is 41.4 Å². The highest BCUT2D eigenvalue weighted by atomic mass is 16.1. The average Bonchev–Trinajstić information content (AvgIpc) is 3.41. The molecule has 0 radical (unpaired) electrons. The van der Waals surface area contributed by atoms with Crippen molar-refractivity contribution in [1.29, 1.82) is 0 Å². The number of para-hydroxylation sites is 1. The number of nitrogens with one attached hydrogen (secondary N) is 2. The van der Waals surface area contributed by atoms with Gasteiger partial charge in [0.05, 0.1) is 35.1 Å². The summed E-state index contributed by atoms with van der Waals surface area (Å²) in [5, 5.41) is 11.5. The van der Waals surface area contributed by atoms with E-state index in [1.807, 2.05) is 42.7 Å². The Bertz CT molecular complexity index is 1500.